The quantitative estimate of drug-likeness (QED) is 0.309. The van der Waals surface area contributed by atoms with E-state index in [-0.39, 0.29) is 11.3 Å². The molecule has 1 unspecified atom stereocenters. The summed E-state index contributed by atoms with van der Waals surface area (Å²) in [6, 6.07) is 12.4. The average molecular weight is 484 g/mol. The van der Waals surface area contributed by atoms with Crippen molar-refractivity contribution in [2.75, 3.05) is 7.11 Å². The van der Waals surface area contributed by atoms with E-state index in [1.165, 1.54) is 12.1 Å². The molecule has 0 aliphatic carbocycles. The van der Waals surface area contributed by atoms with E-state index in [1.54, 1.807) is 44.1 Å². The fourth-order valence-electron chi connectivity index (χ4n) is 3.49. The van der Waals surface area contributed by atoms with Crippen molar-refractivity contribution in [2.45, 2.75) is 33.1 Å². The fourth-order valence-corrected chi connectivity index (χ4v) is 3.49. The van der Waals surface area contributed by atoms with E-state index in [4.69, 9.17) is 9.47 Å². The van der Waals surface area contributed by atoms with Crippen LogP contribution >= 0.6 is 0 Å². The predicted octanol–water partition coefficient (Wildman–Crippen LogP) is 5.59. The number of ether oxygens (including phenoxy) is 3. The molecule has 2 heterocycles. The minimum absolute atomic E-state index is 0.242. The van der Waals surface area contributed by atoms with Crippen LogP contribution in [0.5, 0.6) is 17.4 Å². The number of methoxy groups -OCH3 is 1. The van der Waals surface area contributed by atoms with Gasteiger partial charge in [-0.1, -0.05) is 18.2 Å². The summed E-state index contributed by atoms with van der Waals surface area (Å²) >= 11 is 0. The van der Waals surface area contributed by atoms with Crippen LogP contribution < -0.4 is 14.2 Å². The minimum Gasteiger partial charge on any atom is -0.497 e. The summed E-state index contributed by atoms with van der Waals surface area (Å²) in [6.45, 7) is 0.806. The molecule has 0 amide bonds. The Labute approximate surface area is 200 Å². The van der Waals surface area contributed by atoms with Crippen LogP contribution in [0.4, 0.5) is 13.2 Å². The summed E-state index contributed by atoms with van der Waals surface area (Å²) in [5.41, 5.74) is 2.53. The number of alkyl halides is 2. The van der Waals surface area contributed by atoms with Gasteiger partial charge in [-0.05, 0) is 37.6 Å². The Morgan fingerprint density at radius 2 is 1.74 bits per heavy atom. The number of rotatable bonds is 9. The second kappa shape index (κ2) is 10.5. The number of benzene rings is 2. The van der Waals surface area contributed by atoms with Crippen LogP contribution in [0.3, 0.4) is 0 Å². The fraction of sp³-hybridized carbons (Fsp3) is 0.240. The first-order chi connectivity index (χ1) is 16.8. The molecule has 0 spiro atoms. The Hall–Kier alpha value is -4.08. The highest BCUT2D eigenvalue weighted by molar-refractivity contribution is 5.58. The van der Waals surface area contributed by atoms with Gasteiger partial charge in [0, 0.05) is 29.5 Å². The molecule has 1 atom stereocenters. The average Bonchev–Trinajstić information content (AvgIpc) is 3.33. The largest absolute Gasteiger partial charge is 0.497 e. The standard InChI is InChI=1S/C25H23F3N4O3/c1-15(21-9-8-20(10-22(21)26)35-25(27)28)32-13-18(12-29-32)23-11-24(31-16(2)30-23)34-14-17-4-6-19(33-3)7-5-17/h4-13,15,25H,14H2,1-3H3. The number of hydrogen-bond donors (Lipinski definition) is 0. The number of halogens is 3. The first kappa shape index (κ1) is 24.1. The SMILES string of the molecule is COc1ccc(COc2cc(-c3cnn(C(C)c4ccc(OC(F)F)cc4F)c3)nc(C)n2)cc1. The lowest BCUT2D eigenvalue weighted by atomic mass is 10.1. The zero-order chi connectivity index (χ0) is 24.9. The first-order valence-electron chi connectivity index (χ1n) is 10.7. The molecule has 0 saturated heterocycles. The van der Waals surface area contributed by atoms with E-state index >= 15 is 0 Å². The Balaban J connectivity index is 1.50. The third-order valence-electron chi connectivity index (χ3n) is 5.30. The topological polar surface area (TPSA) is 71.3 Å². The molecule has 4 aromatic rings. The smallest absolute Gasteiger partial charge is 0.387 e. The lowest BCUT2D eigenvalue weighted by molar-refractivity contribution is -0.0500. The number of aryl methyl sites for hydroxylation is 1. The molecule has 0 aliphatic rings. The second-order valence-corrected chi connectivity index (χ2v) is 7.72. The van der Waals surface area contributed by atoms with Crippen LogP contribution in [0.15, 0.2) is 60.9 Å². The Morgan fingerprint density at radius 1 is 1.00 bits per heavy atom. The summed E-state index contributed by atoms with van der Waals surface area (Å²) in [5, 5.41) is 4.34. The minimum atomic E-state index is -3.02. The summed E-state index contributed by atoms with van der Waals surface area (Å²) in [5.74, 6) is 0.781. The van der Waals surface area contributed by atoms with Crippen molar-refractivity contribution in [3.63, 3.8) is 0 Å². The molecular formula is C25H23F3N4O3. The number of aromatic nitrogens is 4. The highest BCUT2D eigenvalue weighted by atomic mass is 19.3. The van der Waals surface area contributed by atoms with Crippen LogP contribution in [-0.4, -0.2) is 33.5 Å². The van der Waals surface area contributed by atoms with Crippen molar-refractivity contribution in [1.82, 2.24) is 19.7 Å². The van der Waals surface area contributed by atoms with Gasteiger partial charge in [-0.25, -0.2) is 9.37 Å². The maximum absolute atomic E-state index is 14.5. The molecule has 4 rings (SSSR count). The zero-order valence-corrected chi connectivity index (χ0v) is 19.3. The van der Waals surface area contributed by atoms with E-state index in [0.717, 1.165) is 17.4 Å². The van der Waals surface area contributed by atoms with E-state index in [9.17, 15) is 13.2 Å². The lowest BCUT2D eigenvalue weighted by Gasteiger charge is -2.14. The molecule has 0 bridgehead atoms. The van der Waals surface area contributed by atoms with Gasteiger partial charge in [0.05, 0.1) is 25.0 Å². The van der Waals surface area contributed by atoms with Gasteiger partial charge >= 0.3 is 6.61 Å². The van der Waals surface area contributed by atoms with Gasteiger partial charge in [-0.2, -0.15) is 18.9 Å². The van der Waals surface area contributed by atoms with E-state index in [1.807, 2.05) is 24.3 Å². The van der Waals surface area contributed by atoms with Crippen LogP contribution in [0.2, 0.25) is 0 Å². The molecular weight excluding hydrogens is 461 g/mol. The summed E-state index contributed by atoms with van der Waals surface area (Å²) in [4.78, 5) is 8.80. The molecule has 0 radical (unpaired) electrons. The molecule has 0 saturated carbocycles. The molecule has 2 aromatic heterocycles. The molecule has 0 N–H and O–H groups in total. The van der Waals surface area contributed by atoms with Crippen molar-refractivity contribution in [3.8, 4) is 28.6 Å². The highest BCUT2D eigenvalue weighted by Gasteiger charge is 2.17. The van der Waals surface area contributed by atoms with Crippen molar-refractivity contribution < 1.29 is 27.4 Å². The van der Waals surface area contributed by atoms with E-state index < -0.39 is 18.5 Å². The van der Waals surface area contributed by atoms with E-state index in [0.29, 0.717) is 29.6 Å². The van der Waals surface area contributed by atoms with Gasteiger partial charge in [0.25, 0.3) is 0 Å². The van der Waals surface area contributed by atoms with Crippen molar-refractivity contribution in [2.24, 2.45) is 0 Å². The molecule has 10 heteroatoms. The summed E-state index contributed by atoms with van der Waals surface area (Å²) in [7, 11) is 1.61. The van der Waals surface area contributed by atoms with Gasteiger partial charge in [0.2, 0.25) is 5.88 Å². The molecule has 2 aromatic carbocycles. The van der Waals surface area contributed by atoms with E-state index in [2.05, 4.69) is 19.8 Å². The lowest BCUT2D eigenvalue weighted by Crippen LogP contribution is -2.10. The maximum atomic E-state index is 14.5. The molecule has 7 nitrogen and oxygen atoms in total. The van der Waals surface area contributed by atoms with Crippen molar-refractivity contribution >= 4 is 0 Å². The monoisotopic (exact) mass is 484 g/mol. The normalized spacial score (nSPS) is 12.0. The first-order valence-corrected chi connectivity index (χ1v) is 10.7. The third kappa shape index (κ3) is 5.89. The van der Waals surface area contributed by atoms with Gasteiger partial charge in [0.15, 0.2) is 0 Å². The highest BCUT2D eigenvalue weighted by Crippen LogP contribution is 2.28. The van der Waals surface area contributed by atoms with Crippen LogP contribution in [-0.2, 0) is 6.61 Å². The molecule has 0 fully saturated rings. The van der Waals surface area contributed by atoms with Crippen molar-refractivity contribution in [3.05, 3.63) is 83.7 Å². The van der Waals surface area contributed by atoms with Gasteiger partial charge in [-0.3, -0.25) is 4.68 Å². The number of nitrogens with zero attached hydrogens (tertiary/aromatic N) is 4. The van der Waals surface area contributed by atoms with Crippen LogP contribution in [0.25, 0.3) is 11.3 Å². The Bertz CT molecular complexity index is 1300. The van der Waals surface area contributed by atoms with Crippen LogP contribution in [0.1, 0.15) is 29.9 Å². The van der Waals surface area contributed by atoms with Gasteiger partial charge in [-0.15, -0.1) is 0 Å². The summed E-state index contributed by atoms with van der Waals surface area (Å²) < 4.78 is 56.1. The second-order valence-electron chi connectivity index (χ2n) is 7.72. The zero-order valence-electron chi connectivity index (χ0n) is 19.3. The number of hydrogen-bond acceptors (Lipinski definition) is 6. The maximum Gasteiger partial charge on any atom is 0.387 e. The predicted molar refractivity (Wildman–Crippen MR) is 122 cm³/mol. The third-order valence-corrected chi connectivity index (χ3v) is 5.30. The Kier molecular flexibility index (Phi) is 7.19. The van der Waals surface area contributed by atoms with Crippen LogP contribution in [0, 0.1) is 12.7 Å². The van der Waals surface area contributed by atoms with Gasteiger partial charge < -0.3 is 14.2 Å². The Morgan fingerprint density at radius 3 is 2.43 bits per heavy atom. The molecule has 35 heavy (non-hydrogen) atoms. The molecule has 182 valence electrons. The summed E-state index contributed by atoms with van der Waals surface area (Å²) in [6.07, 6.45) is 3.33. The van der Waals surface area contributed by atoms with Gasteiger partial charge in [0.1, 0.15) is 29.7 Å². The molecule has 0 aliphatic heterocycles. The van der Waals surface area contributed by atoms with Crippen molar-refractivity contribution in [1.29, 1.82) is 0 Å².